The van der Waals surface area contributed by atoms with Gasteiger partial charge in [0.15, 0.2) is 5.82 Å². The molecule has 0 unspecified atom stereocenters. The number of para-hydroxylation sites is 1. The normalized spacial score (nSPS) is 10.3. The molecule has 3 N–H and O–H groups in total. The Morgan fingerprint density at radius 3 is 3.00 bits per heavy atom. The lowest BCUT2D eigenvalue weighted by Gasteiger charge is -2.10. The third-order valence-electron chi connectivity index (χ3n) is 2.36. The summed E-state index contributed by atoms with van der Waals surface area (Å²) in [6.07, 6.45) is 2.04. The van der Waals surface area contributed by atoms with Crippen molar-refractivity contribution in [2.75, 3.05) is 17.6 Å². The fraction of sp³-hybridized carbons (Fsp3) is 0.273. The summed E-state index contributed by atoms with van der Waals surface area (Å²) in [7, 11) is 0. The Labute approximate surface area is 93.7 Å². The molecule has 2 rings (SSSR count). The lowest BCUT2D eigenvalue weighted by atomic mass is 10.1. The second kappa shape index (κ2) is 4.65. The van der Waals surface area contributed by atoms with Gasteiger partial charge in [0, 0.05) is 13.0 Å². The average Bonchev–Trinajstić information content (AvgIpc) is 2.75. The van der Waals surface area contributed by atoms with Crippen LogP contribution in [0, 0.1) is 6.92 Å². The number of aryl methyl sites for hydroxylation is 1. The summed E-state index contributed by atoms with van der Waals surface area (Å²) in [6.45, 7) is 2.75. The number of nitrogen functional groups attached to an aromatic ring is 1. The van der Waals surface area contributed by atoms with E-state index < -0.39 is 0 Å². The van der Waals surface area contributed by atoms with Gasteiger partial charge in [-0.15, -0.1) is 0 Å². The first-order valence-corrected chi connectivity index (χ1v) is 5.11. The molecule has 0 bridgehead atoms. The van der Waals surface area contributed by atoms with E-state index in [1.54, 1.807) is 0 Å². The van der Waals surface area contributed by atoms with E-state index in [0.29, 0.717) is 12.2 Å². The van der Waals surface area contributed by atoms with Gasteiger partial charge in [-0.3, -0.25) is 0 Å². The summed E-state index contributed by atoms with van der Waals surface area (Å²) < 4.78 is 4.65. The Hall–Kier alpha value is -2.04. The van der Waals surface area contributed by atoms with Gasteiger partial charge in [0.05, 0.1) is 11.4 Å². The Kier molecular flexibility index (Phi) is 3.05. The van der Waals surface area contributed by atoms with E-state index >= 15 is 0 Å². The van der Waals surface area contributed by atoms with Gasteiger partial charge in [0.25, 0.3) is 0 Å². The van der Waals surface area contributed by atoms with Gasteiger partial charge >= 0.3 is 0 Å². The first-order valence-electron chi connectivity index (χ1n) is 5.11. The highest BCUT2D eigenvalue weighted by Crippen LogP contribution is 2.22. The van der Waals surface area contributed by atoms with Gasteiger partial charge in [-0.05, 0) is 18.6 Å². The topological polar surface area (TPSA) is 77.0 Å². The van der Waals surface area contributed by atoms with Gasteiger partial charge in [0.2, 0.25) is 6.39 Å². The summed E-state index contributed by atoms with van der Waals surface area (Å²) in [5.74, 6) is 0.694. The number of rotatable bonds is 4. The van der Waals surface area contributed by atoms with Crippen LogP contribution in [0.5, 0.6) is 0 Å². The minimum absolute atomic E-state index is 0.694. The number of hydrogen-bond donors (Lipinski definition) is 2. The second-order valence-corrected chi connectivity index (χ2v) is 3.56. The second-order valence-electron chi connectivity index (χ2n) is 3.56. The molecule has 0 amide bonds. The standard InChI is InChI=1S/C11H14N4O/c1-8-3-2-4-9(12)11(8)13-6-5-10-14-7-16-15-10/h2-4,7,13H,5-6,12H2,1H3. The van der Waals surface area contributed by atoms with Crippen LogP contribution in [0.2, 0.25) is 0 Å². The maximum Gasteiger partial charge on any atom is 0.213 e. The molecule has 0 aliphatic heterocycles. The van der Waals surface area contributed by atoms with Crippen LogP contribution in [-0.2, 0) is 6.42 Å². The third kappa shape index (κ3) is 2.31. The molecule has 0 aliphatic rings. The zero-order chi connectivity index (χ0) is 11.4. The van der Waals surface area contributed by atoms with E-state index in [9.17, 15) is 0 Å². The van der Waals surface area contributed by atoms with Crippen molar-refractivity contribution in [3.05, 3.63) is 36.0 Å². The molecule has 0 aliphatic carbocycles. The monoisotopic (exact) mass is 218 g/mol. The van der Waals surface area contributed by atoms with Crippen LogP contribution in [0.15, 0.2) is 29.1 Å². The van der Waals surface area contributed by atoms with Crippen molar-refractivity contribution in [1.82, 2.24) is 10.1 Å². The first kappa shape index (κ1) is 10.5. The van der Waals surface area contributed by atoms with Crippen LogP contribution in [0.25, 0.3) is 0 Å². The van der Waals surface area contributed by atoms with Crippen LogP contribution in [0.1, 0.15) is 11.4 Å². The number of anilines is 2. The lowest BCUT2D eigenvalue weighted by Crippen LogP contribution is -2.08. The molecule has 5 nitrogen and oxygen atoms in total. The molecule has 5 heteroatoms. The molecular weight excluding hydrogens is 204 g/mol. The third-order valence-corrected chi connectivity index (χ3v) is 2.36. The number of nitrogens with zero attached hydrogens (tertiary/aromatic N) is 2. The fourth-order valence-corrected chi connectivity index (χ4v) is 1.53. The minimum atomic E-state index is 0.694. The van der Waals surface area contributed by atoms with Crippen molar-refractivity contribution < 1.29 is 4.52 Å². The summed E-state index contributed by atoms with van der Waals surface area (Å²) in [6, 6.07) is 5.84. The van der Waals surface area contributed by atoms with Crippen LogP contribution in [-0.4, -0.2) is 16.7 Å². The van der Waals surface area contributed by atoms with Gasteiger partial charge in [-0.25, -0.2) is 0 Å². The summed E-state index contributed by atoms with van der Waals surface area (Å²) in [5.41, 5.74) is 8.74. The minimum Gasteiger partial charge on any atom is -0.397 e. The number of nitrogens with one attached hydrogen (secondary N) is 1. The van der Waals surface area contributed by atoms with Crippen LogP contribution in [0.4, 0.5) is 11.4 Å². The van der Waals surface area contributed by atoms with Crippen molar-refractivity contribution >= 4 is 11.4 Å². The first-order chi connectivity index (χ1) is 7.77. The molecule has 16 heavy (non-hydrogen) atoms. The average molecular weight is 218 g/mol. The predicted molar refractivity (Wildman–Crippen MR) is 62.1 cm³/mol. The zero-order valence-electron chi connectivity index (χ0n) is 9.10. The Morgan fingerprint density at radius 1 is 1.44 bits per heavy atom. The molecule has 0 radical (unpaired) electrons. The summed E-state index contributed by atoms with van der Waals surface area (Å²) >= 11 is 0. The summed E-state index contributed by atoms with van der Waals surface area (Å²) in [4.78, 5) is 3.94. The van der Waals surface area contributed by atoms with E-state index in [1.807, 2.05) is 25.1 Å². The molecule has 0 atom stereocenters. The number of benzene rings is 1. The molecule has 84 valence electrons. The van der Waals surface area contributed by atoms with Crippen molar-refractivity contribution in [1.29, 1.82) is 0 Å². The van der Waals surface area contributed by atoms with Crippen molar-refractivity contribution in [2.24, 2.45) is 0 Å². The number of nitrogens with two attached hydrogens (primary N) is 1. The molecule has 1 aromatic heterocycles. The van der Waals surface area contributed by atoms with E-state index in [0.717, 1.165) is 23.5 Å². The molecule has 1 heterocycles. The van der Waals surface area contributed by atoms with Crippen LogP contribution < -0.4 is 11.1 Å². The molecule has 0 saturated heterocycles. The maximum atomic E-state index is 5.87. The highest BCUT2D eigenvalue weighted by Gasteiger charge is 2.03. The number of aromatic nitrogens is 2. The van der Waals surface area contributed by atoms with Crippen molar-refractivity contribution in [3.63, 3.8) is 0 Å². The number of hydrogen-bond acceptors (Lipinski definition) is 5. The Balaban J connectivity index is 1.95. The molecule has 1 aromatic carbocycles. The molecule has 0 saturated carbocycles. The largest absolute Gasteiger partial charge is 0.397 e. The quantitative estimate of drug-likeness (QED) is 0.762. The predicted octanol–water partition coefficient (Wildman–Crippen LogP) is 1.61. The lowest BCUT2D eigenvalue weighted by molar-refractivity contribution is 0.410. The fourth-order valence-electron chi connectivity index (χ4n) is 1.53. The van der Waals surface area contributed by atoms with Crippen molar-refractivity contribution in [2.45, 2.75) is 13.3 Å². The van der Waals surface area contributed by atoms with E-state index in [-0.39, 0.29) is 0 Å². The Morgan fingerprint density at radius 2 is 2.31 bits per heavy atom. The van der Waals surface area contributed by atoms with E-state index in [1.165, 1.54) is 6.39 Å². The molecule has 0 spiro atoms. The molecular formula is C11H14N4O. The van der Waals surface area contributed by atoms with Crippen LogP contribution in [0.3, 0.4) is 0 Å². The smallest absolute Gasteiger partial charge is 0.213 e. The highest BCUT2D eigenvalue weighted by molar-refractivity contribution is 5.69. The van der Waals surface area contributed by atoms with Crippen molar-refractivity contribution in [3.8, 4) is 0 Å². The molecule has 0 fully saturated rings. The summed E-state index contributed by atoms with van der Waals surface area (Å²) in [5, 5.41) is 7.01. The van der Waals surface area contributed by atoms with Gasteiger partial charge in [-0.1, -0.05) is 17.3 Å². The van der Waals surface area contributed by atoms with Crippen LogP contribution >= 0.6 is 0 Å². The van der Waals surface area contributed by atoms with Gasteiger partial charge in [0.1, 0.15) is 0 Å². The zero-order valence-corrected chi connectivity index (χ0v) is 9.10. The Bertz CT molecular complexity index is 433. The van der Waals surface area contributed by atoms with Gasteiger partial charge in [-0.2, -0.15) is 4.98 Å². The molecule has 2 aromatic rings. The highest BCUT2D eigenvalue weighted by atomic mass is 16.5. The maximum absolute atomic E-state index is 5.87. The van der Waals surface area contributed by atoms with E-state index in [2.05, 4.69) is 20.0 Å². The van der Waals surface area contributed by atoms with Gasteiger partial charge < -0.3 is 15.6 Å². The van der Waals surface area contributed by atoms with E-state index in [4.69, 9.17) is 5.73 Å². The SMILES string of the molecule is Cc1cccc(N)c1NCCc1ncon1.